The van der Waals surface area contributed by atoms with Crippen LogP contribution in [0.5, 0.6) is 0 Å². The van der Waals surface area contributed by atoms with Crippen LogP contribution in [0.25, 0.3) is 0 Å². The summed E-state index contributed by atoms with van der Waals surface area (Å²) in [5.74, 6) is 4.68. The zero-order valence-electron chi connectivity index (χ0n) is 7.76. The second kappa shape index (κ2) is 3.94. The Bertz CT molecular complexity index is 282. The minimum absolute atomic E-state index is 0.0482. The molecule has 1 aliphatic rings. The normalized spacial score (nSPS) is 15.4. The number of nitrogens with one attached hydrogen (secondary N) is 1. The molecule has 0 bridgehead atoms. The molecule has 0 aromatic rings. The molecule has 70 valence electrons. The van der Waals surface area contributed by atoms with Crippen LogP contribution in [0.2, 0.25) is 0 Å². The average molecular weight is 180 g/mol. The molecule has 0 unspecified atom stereocenters. The van der Waals surface area contributed by atoms with E-state index in [1.54, 1.807) is 11.8 Å². The highest BCUT2D eigenvalue weighted by Crippen LogP contribution is 2.06. The Balaban J connectivity index is 2.24. The van der Waals surface area contributed by atoms with Crippen molar-refractivity contribution in [3.63, 3.8) is 0 Å². The van der Waals surface area contributed by atoms with E-state index in [-0.39, 0.29) is 17.9 Å². The molecule has 1 saturated heterocycles. The maximum atomic E-state index is 10.9. The van der Waals surface area contributed by atoms with E-state index in [0.29, 0.717) is 13.1 Å². The van der Waals surface area contributed by atoms with Gasteiger partial charge >= 0.3 is 0 Å². The Morgan fingerprint density at radius 3 is 2.54 bits per heavy atom. The molecule has 0 atom stereocenters. The second-order valence-corrected chi connectivity index (χ2v) is 2.97. The molecule has 0 spiro atoms. The van der Waals surface area contributed by atoms with Crippen LogP contribution in [0.3, 0.4) is 0 Å². The van der Waals surface area contributed by atoms with E-state index >= 15 is 0 Å². The van der Waals surface area contributed by atoms with Crippen LogP contribution in [0.1, 0.15) is 13.8 Å². The van der Waals surface area contributed by atoms with Gasteiger partial charge in [0.25, 0.3) is 5.91 Å². The molecular weight excluding hydrogens is 168 g/mol. The summed E-state index contributed by atoms with van der Waals surface area (Å²) >= 11 is 0. The molecular formula is C9H12N2O2. The molecule has 1 heterocycles. The topological polar surface area (TPSA) is 49.4 Å². The summed E-state index contributed by atoms with van der Waals surface area (Å²) in [6.45, 7) is 4.34. The number of hydrogen-bond donors (Lipinski definition) is 1. The Labute approximate surface area is 77.3 Å². The van der Waals surface area contributed by atoms with Crippen molar-refractivity contribution in [2.24, 2.45) is 0 Å². The van der Waals surface area contributed by atoms with Gasteiger partial charge in [-0.25, -0.2) is 0 Å². The van der Waals surface area contributed by atoms with Gasteiger partial charge in [-0.05, 0) is 12.8 Å². The summed E-state index contributed by atoms with van der Waals surface area (Å²) in [5.41, 5.74) is 0. The van der Waals surface area contributed by atoms with Crippen molar-refractivity contribution in [1.82, 2.24) is 10.2 Å². The van der Waals surface area contributed by atoms with Gasteiger partial charge in [-0.2, -0.15) is 0 Å². The van der Waals surface area contributed by atoms with Crippen molar-refractivity contribution in [2.75, 3.05) is 13.1 Å². The fourth-order valence-corrected chi connectivity index (χ4v) is 1.16. The van der Waals surface area contributed by atoms with Gasteiger partial charge in [0.2, 0.25) is 5.91 Å². The predicted molar refractivity (Wildman–Crippen MR) is 47.6 cm³/mol. The quantitative estimate of drug-likeness (QED) is 0.545. The fraction of sp³-hybridized carbons (Fsp3) is 0.556. The van der Waals surface area contributed by atoms with Gasteiger partial charge in [-0.3, -0.25) is 9.59 Å². The smallest absolute Gasteiger partial charge is 0.296 e. The first-order valence-corrected chi connectivity index (χ1v) is 4.12. The third-order valence-corrected chi connectivity index (χ3v) is 1.90. The lowest BCUT2D eigenvalue weighted by Crippen LogP contribution is -2.60. The fourth-order valence-electron chi connectivity index (χ4n) is 1.16. The number of nitrogens with zero attached hydrogens (tertiary/aromatic N) is 1. The highest BCUT2D eigenvalue weighted by atomic mass is 16.2. The third-order valence-electron chi connectivity index (χ3n) is 1.90. The van der Waals surface area contributed by atoms with Gasteiger partial charge in [0.15, 0.2) is 0 Å². The van der Waals surface area contributed by atoms with Crippen LogP contribution < -0.4 is 5.32 Å². The summed E-state index contributed by atoms with van der Waals surface area (Å²) in [5, 5.41) is 2.70. The van der Waals surface area contributed by atoms with Crippen molar-refractivity contribution in [2.45, 2.75) is 19.9 Å². The van der Waals surface area contributed by atoms with E-state index in [1.807, 2.05) is 0 Å². The maximum absolute atomic E-state index is 10.9. The Morgan fingerprint density at radius 2 is 2.08 bits per heavy atom. The first-order chi connectivity index (χ1) is 6.13. The van der Waals surface area contributed by atoms with Crippen LogP contribution in [0.4, 0.5) is 0 Å². The number of amides is 2. The van der Waals surface area contributed by atoms with Crippen molar-refractivity contribution in [3.8, 4) is 11.8 Å². The number of carbonyl (C=O) groups excluding carboxylic acids is 2. The first-order valence-electron chi connectivity index (χ1n) is 4.12. The molecule has 13 heavy (non-hydrogen) atoms. The van der Waals surface area contributed by atoms with Gasteiger partial charge in [-0.1, -0.05) is 5.92 Å². The summed E-state index contributed by atoms with van der Waals surface area (Å²) < 4.78 is 0. The molecule has 1 aliphatic heterocycles. The van der Waals surface area contributed by atoms with E-state index in [1.165, 1.54) is 6.92 Å². The number of carbonyl (C=O) groups is 2. The zero-order valence-corrected chi connectivity index (χ0v) is 7.76. The van der Waals surface area contributed by atoms with Gasteiger partial charge in [0, 0.05) is 20.0 Å². The highest BCUT2D eigenvalue weighted by molar-refractivity contribution is 5.93. The van der Waals surface area contributed by atoms with Crippen molar-refractivity contribution < 1.29 is 9.59 Å². The van der Waals surface area contributed by atoms with Gasteiger partial charge < -0.3 is 10.2 Å². The van der Waals surface area contributed by atoms with Crippen LogP contribution in [-0.4, -0.2) is 35.8 Å². The minimum atomic E-state index is -0.268. The summed E-state index contributed by atoms with van der Waals surface area (Å²) in [4.78, 5) is 23.4. The first kappa shape index (κ1) is 9.59. The standard InChI is InChI=1S/C9H12N2O2/c1-3-4-9(13)10-8-5-11(6-8)7(2)12/h8H,5-6H2,1-2H3,(H,10,13). The van der Waals surface area contributed by atoms with E-state index in [0.717, 1.165) is 0 Å². The van der Waals surface area contributed by atoms with Gasteiger partial charge in [0.1, 0.15) is 0 Å². The number of rotatable bonds is 1. The second-order valence-electron chi connectivity index (χ2n) is 2.97. The third kappa shape index (κ3) is 2.48. The molecule has 0 radical (unpaired) electrons. The Hall–Kier alpha value is -1.50. The van der Waals surface area contributed by atoms with Crippen molar-refractivity contribution in [1.29, 1.82) is 0 Å². The Kier molecular flexibility index (Phi) is 2.91. The summed E-state index contributed by atoms with van der Waals surface area (Å²) in [6, 6.07) is 0.0808. The van der Waals surface area contributed by atoms with Crippen LogP contribution >= 0.6 is 0 Å². The van der Waals surface area contributed by atoms with E-state index in [9.17, 15) is 9.59 Å². The molecule has 1 rings (SSSR count). The molecule has 1 N–H and O–H groups in total. The van der Waals surface area contributed by atoms with Crippen molar-refractivity contribution in [3.05, 3.63) is 0 Å². The molecule has 4 heteroatoms. The van der Waals surface area contributed by atoms with E-state index in [2.05, 4.69) is 17.2 Å². The van der Waals surface area contributed by atoms with Crippen molar-refractivity contribution >= 4 is 11.8 Å². The molecule has 0 saturated carbocycles. The monoisotopic (exact) mass is 180 g/mol. The van der Waals surface area contributed by atoms with E-state index < -0.39 is 0 Å². The SMILES string of the molecule is CC#CC(=O)NC1CN(C(C)=O)C1. The molecule has 0 aliphatic carbocycles. The van der Waals surface area contributed by atoms with Gasteiger partial charge in [-0.15, -0.1) is 0 Å². The number of likely N-dealkylation sites (tertiary alicyclic amines) is 1. The van der Waals surface area contributed by atoms with E-state index in [4.69, 9.17) is 0 Å². The average Bonchev–Trinajstić information content (AvgIpc) is 1.95. The summed E-state index contributed by atoms with van der Waals surface area (Å²) in [6.07, 6.45) is 0. The molecule has 0 aromatic carbocycles. The lowest BCUT2D eigenvalue weighted by Gasteiger charge is -2.38. The zero-order chi connectivity index (χ0) is 9.84. The van der Waals surface area contributed by atoms with Gasteiger partial charge in [0.05, 0.1) is 6.04 Å². The summed E-state index contributed by atoms with van der Waals surface area (Å²) in [7, 11) is 0. The lowest BCUT2D eigenvalue weighted by molar-refractivity contribution is -0.135. The lowest BCUT2D eigenvalue weighted by atomic mass is 10.1. The maximum Gasteiger partial charge on any atom is 0.296 e. The highest BCUT2D eigenvalue weighted by Gasteiger charge is 2.28. The molecule has 0 aromatic heterocycles. The largest absolute Gasteiger partial charge is 0.339 e. The minimum Gasteiger partial charge on any atom is -0.339 e. The van der Waals surface area contributed by atoms with Crippen LogP contribution in [-0.2, 0) is 9.59 Å². The molecule has 2 amide bonds. The molecule has 1 fully saturated rings. The van der Waals surface area contributed by atoms with Crippen LogP contribution in [0, 0.1) is 11.8 Å². The predicted octanol–water partition coefficient (Wildman–Crippen LogP) is -0.643. The number of hydrogen-bond acceptors (Lipinski definition) is 2. The Morgan fingerprint density at radius 1 is 1.46 bits per heavy atom. The van der Waals surface area contributed by atoms with Crippen LogP contribution in [0.15, 0.2) is 0 Å². The molecule has 4 nitrogen and oxygen atoms in total.